The quantitative estimate of drug-likeness (QED) is 0.944. The van der Waals surface area contributed by atoms with Gasteiger partial charge in [0.1, 0.15) is 0 Å². The van der Waals surface area contributed by atoms with Gasteiger partial charge in [0.05, 0.1) is 12.1 Å². The van der Waals surface area contributed by atoms with Gasteiger partial charge in [-0.3, -0.25) is 9.69 Å². The fourth-order valence-corrected chi connectivity index (χ4v) is 3.04. The lowest BCUT2D eigenvalue weighted by Gasteiger charge is -2.30. The predicted molar refractivity (Wildman–Crippen MR) is 85.4 cm³/mol. The van der Waals surface area contributed by atoms with Crippen LogP contribution in [0.25, 0.3) is 0 Å². The summed E-state index contributed by atoms with van der Waals surface area (Å²) in [5.74, 6) is 0.679. The molecule has 0 spiro atoms. The summed E-state index contributed by atoms with van der Waals surface area (Å²) >= 11 is 0. The van der Waals surface area contributed by atoms with Crippen LogP contribution in [0.2, 0.25) is 0 Å². The lowest BCUT2D eigenvalue weighted by Crippen LogP contribution is -2.45. The van der Waals surface area contributed by atoms with E-state index in [-0.39, 0.29) is 18.0 Å². The van der Waals surface area contributed by atoms with Gasteiger partial charge in [0.2, 0.25) is 5.91 Å². The van der Waals surface area contributed by atoms with E-state index in [1.807, 2.05) is 37.4 Å². The molecule has 2 unspecified atom stereocenters. The lowest BCUT2D eigenvalue weighted by atomic mass is 10.0. The van der Waals surface area contributed by atoms with E-state index in [0.717, 1.165) is 24.8 Å². The van der Waals surface area contributed by atoms with E-state index >= 15 is 0 Å². The van der Waals surface area contributed by atoms with Gasteiger partial charge < -0.3 is 5.32 Å². The Bertz CT molecular complexity index is 617. The van der Waals surface area contributed by atoms with Gasteiger partial charge in [0.15, 0.2) is 5.82 Å². The highest BCUT2D eigenvalue weighted by Crippen LogP contribution is 2.33. The second-order valence-electron chi connectivity index (χ2n) is 5.49. The molecule has 114 valence electrons. The summed E-state index contributed by atoms with van der Waals surface area (Å²) in [4.78, 5) is 14.8. The van der Waals surface area contributed by atoms with Crippen molar-refractivity contribution in [2.75, 3.05) is 11.9 Å². The summed E-state index contributed by atoms with van der Waals surface area (Å²) in [5.41, 5.74) is 1.14. The number of benzene rings is 1. The number of nitrogens with zero attached hydrogens (tertiary/aromatic N) is 3. The minimum Gasteiger partial charge on any atom is -0.309 e. The molecule has 1 saturated heterocycles. The topological polar surface area (TPSA) is 58.1 Å². The van der Waals surface area contributed by atoms with Crippen molar-refractivity contribution in [3.8, 4) is 0 Å². The van der Waals surface area contributed by atoms with Crippen LogP contribution in [0.5, 0.6) is 0 Å². The van der Waals surface area contributed by atoms with Crippen LogP contribution >= 0.6 is 0 Å². The van der Waals surface area contributed by atoms with E-state index in [2.05, 4.69) is 27.6 Å². The number of carbonyl (C=O) groups excluding carboxylic acids is 1. The number of carbonyl (C=O) groups is 1. The summed E-state index contributed by atoms with van der Waals surface area (Å²) in [7, 11) is 1.83. The molecule has 22 heavy (non-hydrogen) atoms. The van der Waals surface area contributed by atoms with E-state index < -0.39 is 0 Å². The zero-order valence-electron chi connectivity index (χ0n) is 12.6. The van der Waals surface area contributed by atoms with E-state index in [1.54, 1.807) is 11.1 Å². The van der Waals surface area contributed by atoms with Gasteiger partial charge >= 0.3 is 0 Å². The molecule has 2 aromatic rings. The number of nitrogens with one attached hydrogen (secondary N) is 1. The van der Waals surface area contributed by atoms with Crippen LogP contribution in [0, 0.1) is 0 Å². The SMILES string of the molecule is CNC1CCCC(c2ccccc2)N(c2cccnn2)C1=O. The Kier molecular flexibility index (Phi) is 4.44. The Morgan fingerprint density at radius 1 is 1.14 bits per heavy atom. The van der Waals surface area contributed by atoms with Crippen LogP contribution in [0.15, 0.2) is 48.7 Å². The summed E-state index contributed by atoms with van der Waals surface area (Å²) in [6.45, 7) is 0. The van der Waals surface area contributed by atoms with Crippen molar-refractivity contribution in [3.05, 3.63) is 54.2 Å². The highest BCUT2D eigenvalue weighted by molar-refractivity contribution is 5.97. The van der Waals surface area contributed by atoms with Crippen LogP contribution in [0.1, 0.15) is 30.9 Å². The molecule has 3 rings (SSSR count). The van der Waals surface area contributed by atoms with Crippen LogP contribution in [-0.2, 0) is 4.79 Å². The van der Waals surface area contributed by atoms with Gasteiger partial charge in [0.25, 0.3) is 0 Å². The molecule has 0 bridgehead atoms. The Morgan fingerprint density at radius 3 is 2.64 bits per heavy atom. The first-order valence-electron chi connectivity index (χ1n) is 7.64. The molecule has 1 aromatic carbocycles. The van der Waals surface area contributed by atoms with Crippen LogP contribution in [0.4, 0.5) is 5.82 Å². The molecule has 0 aliphatic carbocycles. The van der Waals surface area contributed by atoms with Crippen molar-refractivity contribution >= 4 is 11.7 Å². The van der Waals surface area contributed by atoms with Crippen LogP contribution < -0.4 is 10.2 Å². The minimum absolute atomic E-state index is 0.00347. The van der Waals surface area contributed by atoms with Gasteiger partial charge in [-0.05, 0) is 44.0 Å². The second kappa shape index (κ2) is 6.66. The summed E-state index contributed by atoms with van der Waals surface area (Å²) in [5, 5.41) is 11.2. The smallest absolute Gasteiger partial charge is 0.245 e. The first-order chi connectivity index (χ1) is 10.8. The fourth-order valence-electron chi connectivity index (χ4n) is 3.04. The van der Waals surface area contributed by atoms with E-state index in [0.29, 0.717) is 5.82 Å². The molecular formula is C17H20N4O. The third kappa shape index (κ3) is 2.85. The van der Waals surface area contributed by atoms with E-state index in [4.69, 9.17) is 0 Å². The fraction of sp³-hybridized carbons (Fsp3) is 0.353. The first-order valence-corrected chi connectivity index (χ1v) is 7.64. The number of aromatic nitrogens is 2. The average Bonchev–Trinajstić information content (AvgIpc) is 2.75. The Balaban J connectivity index is 2.04. The normalized spacial score (nSPS) is 22.4. The number of likely N-dealkylation sites (N-methyl/N-ethyl adjacent to an activating group) is 1. The monoisotopic (exact) mass is 296 g/mol. The molecule has 0 radical (unpaired) electrons. The van der Waals surface area contributed by atoms with Crippen molar-refractivity contribution in [3.63, 3.8) is 0 Å². The maximum absolute atomic E-state index is 13.0. The molecular weight excluding hydrogens is 276 g/mol. The maximum Gasteiger partial charge on any atom is 0.245 e. The average molecular weight is 296 g/mol. The summed E-state index contributed by atoms with van der Waals surface area (Å²) in [6, 6.07) is 13.6. The number of hydrogen-bond donors (Lipinski definition) is 1. The van der Waals surface area contributed by atoms with Crippen molar-refractivity contribution in [2.45, 2.75) is 31.3 Å². The molecule has 0 saturated carbocycles. The highest BCUT2D eigenvalue weighted by atomic mass is 16.2. The molecule has 5 heteroatoms. The van der Waals surface area contributed by atoms with Gasteiger partial charge in [-0.1, -0.05) is 30.3 Å². The molecule has 1 N–H and O–H groups in total. The van der Waals surface area contributed by atoms with E-state index in [1.165, 1.54) is 0 Å². The molecule has 1 aromatic heterocycles. The molecule has 1 aliphatic heterocycles. The minimum atomic E-state index is -0.171. The van der Waals surface area contributed by atoms with Gasteiger partial charge in [-0.25, -0.2) is 0 Å². The molecule has 1 amide bonds. The number of anilines is 1. The Labute approximate surface area is 130 Å². The Hall–Kier alpha value is -2.27. The standard InChI is InChI=1S/C17H20N4O/c1-18-14-9-5-10-15(13-7-3-2-4-8-13)21(17(14)22)16-11-6-12-19-20-16/h2-4,6-8,11-12,14-15,18H,5,9-10H2,1H3. The van der Waals surface area contributed by atoms with Crippen LogP contribution in [0.3, 0.4) is 0 Å². The van der Waals surface area contributed by atoms with E-state index in [9.17, 15) is 4.79 Å². The molecule has 5 nitrogen and oxygen atoms in total. The third-order valence-electron chi connectivity index (χ3n) is 4.16. The lowest BCUT2D eigenvalue weighted by molar-refractivity contribution is -0.120. The number of amides is 1. The predicted octanol–water partition coefficient (Wildman–Crippen LogP) is 2.32. The third-order valence-corrected chi connectivity index (χ3v) is 4.16. The summed E-state index contributed by atoms with van der Waals surface area (Å²) < 4.78 is 0. The largest absolute Gasteiger partial charge is 0.309 e. The maximum atomic E-state index is 13.0. The molecule has 2 heterocycles. The number of hydrogen-bond acceptors (Lipinski definition) is 4. The second-order valence-corrected chi connectivity index (χ2v) is 5.49. The van der Waals surface area contributed by atoms with Gasteiger partial charge in [0, 0.05) is 6.20 Å². The first kappa shape index (κ1) is 14.7. The van der Waals surface area contributed by atoms with Crippen molar-refractivity contribution < 1.29 is 4.79 Å². The Morgan fingerprint density at radius 2 is 1.95 bits per heavy atom. The van der Waals surface area contributed by atoms with Crippen LogP contribution in [-0.4, -0.2) is 29.2 Å². The molecule has 1 fully saturated rings. The molecule has 2 atom stereocenters. The van der Waals surface area contributed by atoms with Crippen molar-refractivity contribution in [2.24, 2.45) is 0 Å². The number of rotatable bonds is 3. The van der Waals surface area contributed by atoms with Crippen molar-refractivity contribution in [1.82, 2.24) is 15.5 Å². The zero-order chi connectivity index (χ0) is 15.4. The van der Waals surface area contributed by atoms with Crippen molar-refractivity contribution in [1.29, 1.82) is 0 Å². The van der Waals surface area contributed by atoms with Gasteiger partial charge in [-0.2, -0.15) is 5.10 Å². The van der Waals surface area contributed by atoms with Gasteiger partial charge in [-0.15, -0.1) is 5.10 Å². The zero-order valence-corrected chi connectivity index (χ0v) is 12.6. The highest BCUT2D eigenvalue weighted by Gasteiger charge is 2.34. The molecule has 1 aliphatic rings. The summed E-state index contributed by atoms with van der Waals surface area (Å²) in [6.07, 6.45) is 4.38.